The molecule has 6 heteroatoms. The van der Waals surface area contributed by atoms with Crippen molar-refractivity contribution in [3.8, 4) is 0 Å². The first-order valence-corrected chi connectivity index (χ1v) is 3.92. The van der Waals surface area contributed by atoms with E-state index in [-0.39, 0.29) is 18.2 Å². The Hall–Kier alpha value is -1.88. The molecule has 0 unspecified atom stereocenters. The fourth-order valence-corrected chi connectivity index (χ4v) is 0.999. The predicted octanol–water partition coefficient (Wildman–Crippen LogP) is 0.919. The van der Waals surface area contributed by atoms with E-state index in [4.69, 9.17) is 0 Å². The third-order valence-electron chi connectivity index (χ3n) is 1.65. The highest BCUT2D eigenvalue weighted by Crippen LogP contribution is 2.03. The van der Waals surface area contributed by atoms with E-state index in [9.17, 15) is 4.79 Å². The van der Waals surface area contributed by atoms with E-state index in [2.05, 4.69) is 19.9 Å². The van der Waals surface area contributed by atoms with Crippen molar-refractivity contribution in [2.75, 3.05) is 0 Å². The second-order valence-corrected chi connectivity index (χ2v) is 2.58. The summed E-state index contributed by atoms with van der Waals surface area (Å²) in [6.45, 7) is 0. The van der Waals surface area contributed by atoms with Gasteiger partial charge in [-0.3, -0.25) is 4.79 Å². The summed E-state index contributed by atoms with van der Waals surface area (Å²) < 4.78 is 0. The number of aromatic nitrogens is 4. The minimum atomic E-state index is -0.175. The van der Waals surface area contributed by atoms with E-state index in [0.29, 0.717) is 11.1 Å². The van der Waals surface area contributed by atoms with Crippen molar-refractivity contribution in [1.82, 2.24) is 19.9 Å². The number of halogens is 1. The maximum absolute atomic E-state index is 11.7. The first-order chi connectivity index (χ1) is 6.88. The van der Waals surface area contributed by atoms with Crippen LogP contribution in [0.25, 0.3) is 0 Å². The van der Waals surface area contributed by atoms with Crippen LogP contribution in [0.15, 0.2) is 37.4 Å². The molecule has 0 N–H and O–H groups in total. The van der Waals surface area contributed by atoms with Gasteiger partial charge in [0.1, 0.15) is 12.7 Å². The quantitative estimate of drug-likeness (QED) is 0.707. The van der Waals surface area contributed by atoms with E-state index in [0.717, 1.165) is 0 Å². The average molecular weight is 223 g/mol. The number of carbonyl (C=O) groups excluding carboxylic acids is 1. The van der Waals surface area contributed by atoms with E-state index < -0.39 is 0 Å². The molecule has 0 aromatic carbocycles. The molecule has 76 valence electrons. The van der Waals surface area contributed by atoms with Crippen LogP contribution in [0.2, 0.25) is 0 Å². The van der Waals surface area contributed by atoms with Gasteiger partial charge in [-0.1, -0.05) is 0 Å². The van der Waals surface area contributed by atoms with Gasteiger partial charge < -0.3 is 0 Å². The van der Waals surface area contributed by atoms with Crippen LogP contribution in [0.5, 0.6) is 0 Å². The highest BCUT2D eigenvalue weighted by Gasteiger charge is 2.08. The maximum atomic E-state index is 11.7. The second-order valence-electron chi connectivity index (χ2n) is 2.58. The van der Waals surface area contributed by atoms with Crippen molar-refractivity contribution in [2.45, 2.75) is 0 Å². The molecule has 0 spiro atoms. The van der Waals surface area contributed by atoms with Crippen LogP contribution in [0.4, 0.5) is 0 Å². The van der Waals surface area contributed by atoms with Gasteiger partial charge in [-0.05, 0) is 0 Å². The van der Waals surface area contributed by atoms with Crippen molar-refractivity contribution in [1.29, 1.82) is 0 Å². The molecule has 2 heterocycles. The van der Waals surface area contributed by atoms with Gasteiger partial charge in [0.05, 0.1) is 11.1 Å². The van der Waals surface area contributed by atoms with Gasteiger partial charge in [0.2, 0.25) is 0 Å². The van der Waals surface area contributed by atoms with Gasteiger partial charge in [0.25, 0.3) is 0 Å². The summed E-state index contributed by atoms with van der Waals surface area (Å²) in [7, 11) is 0. The number of rotatable bonds is 2. The van der Waals surface area contributed by atoms with Crippen LogP contribution >= 0.6 is 12.4 Å². The van der Waals surface area contributed by atoms with E-state index in [1.807, 2.05) is 0 Å². The van der Waals surface area contributed by atoms with Crippen LogP contribution in [0.1, 0.15) is 15.9 Å². The molecule has 0 saturated heterocycles. The van der Waals surface area contributed by atoms with Gasteiger partial charge >= 0.3 is 0 Å². The van der Waals surface area contributed by atoms with Gasteiger partial charge in [-0.2, -0.15) is 0 Å². The van der Waals surface area contributed by atoms with Crippen molar-refractivity contribution in [3.63, 3.8) is 0 Å². The number of carbonyl (C=O) groups is 1. The molecule has 5 nitrogen and oxygen atoms in total. The van der Waals surface area contributed by atoms with Crippen molar-refractivity contribution >= 4 is 18.2 Å². The lowest BCUT2D eigenvalue weighted by molar-refractivity contribution is 0.103. The summed E-state index contributed by atoms with van der Waals surface area (Å²) in [6.07, 6.45) is 8.59. The molecular formula is C9H7ClN4O. The van der Waals surface area contributed by atoms with E-state index in [1.54, 1.807) is 0 Å². The van der Waals surface area contributed by atoms with Crippen LogP contribution in [-0.2, 0) is 0 Å². The molecule has 0 radical (unpaired) electrons. The lowest BCUT2D eigenvalue weighted by Gasteiger charge is -1.97. The third-order valence-corrected chi connectivity index (χ3v) is 1.65. The van der Waals surface area contributed by atoms with Gasteiger partial charge in [-0.25, -0.2) is 19.9 Å². The largest absolute Gasteiger partial charge is 0.288 e. The fourth-order valence-electron chi connectivity index (χ4n) is 0.999. The van der Waals surface area contributed by atoms with Gasteiger partial charge in [-0.15, -0.1) is 12.4 Å². The molecule has 2 aromatic heterocycles. The van der Waals surface area contributed by atoms with Crippen molar-refractivity contribution < 1.29 is 4.79 Å². The second kappa shape index (κ2) is 5.11. The lowest BCUT2D eigenvalue weighted by atomic mass is 10.1. The van der Waals surface area contributed by atoms with E-state index in [1.165, 1.54) is 37.4 Å². The molecule has 2 rings (SSSR count). The zero-order valence-electron chi connectivity index (χ0n) is 7.57. The summed E-state index contributed by atoms with van der Waals surface area (Å²) in [6, 6.07) is 0. The molecule has 0 aliphatic carbocycles. The molecule has 2 aromatic rings. The first kappa shape index (κ1) is 11.2. The third kappa shape index (κ3) is 2.54. The van der Waals surface area contributed by atoms with Crippen LogP contribution < -0.4 is 0 Å². The topological polar surface area (TPSA) is 68.6 Å². The van der Waals surface area contributed by atoms with Crippen molar-refractivity contribution in [2.24, 2.45) is 0 Å². The number of hydrogen-bond acceptors (Lipinski definition) is 5. The summed E-state index contributed by atoms with van der Waals surface area (Å²) in [5.74, 6) is -0.175. The Balaban J connectivity index is 0.00000112. The minimum Gasteiger partial charge on any atom is -0.288 e. The summed E-state index contributed by atoms with van der Waals surface area (Å²) >= 11 is 0. The Morgan fingerprint density at radius 2 is 1.13 bits per heavy atom. The molecule has 0 fully saturated rings. The molecule has 0 saturated carbocycles. The zero-order valence-corrected chi connectivity index (χ0v) is 8.39. The number of ketones is 1. The summed E-state index contributed by atoms with van der Waals surface area (Å²) in [4.78, 5) is 26.7. The van der Waals surface area contributed by atoms with Crippen molar-refractivity contribution in [3.05, 3.63) is 48.6 Å². The number of hydrogen-bond donors (Lipinski definition) is 0. The minimum absolute atomic E-state index is 0. The summed E-state index contributed by atoms with van der Waals surface area (Å²) in [5.41, 5.74) is 0.865. The molecule has 0 bridgehead atoms. The van der Waals surface area contributed by atoms with Crippen LogP contribution in [-0.4, -0.2) is 25.7 Å². The highest BCUT2D eigenvalue weighted by molar-refractivity contribution is 6.08. The Morgan fingerprint density at radius 1 is 0.800 bits per heavy atom. The normalized spacial score (nSPS) is 9.07. The zero-order chi connectivity index (χ0) is 9.80. The van der Waals surface area contributed by atoms with Gasteiger partial charge in [0, 0.05) is 24.8 Å². The SMILES string of the molecule is Cl.O=C(c1cncnc1)c1cncnc1. The Labute approximate surface area is 92.0 Å². The standard InChI is InChI=1S/C9H6N4O.ClH/c14-9(7-1-10-5-11-2-7)8-3-12-6-13-4-8;/h1-6H;1H. The molecule has 0 aliphatic rings. The van der Waals surface area contributed by atoms with Crippen LogP contribution in [0, 0.1) is 0 Å². The Morgan fingerprint density at radius 3 is 1.47 bits per heavy atom. The van der Waals surface area contributed by atoms with E-state index >= 15 is 0 Å². The van der Waals surface area contributed by atoms with Gasteiger partial charge in [0.15, 0.2) is 5.78 Å². The van der Waals surface area contributed by atoms with Crippen LogP contribution in [0.3, 0.4) is 0 Å². The summed E-state index contributed by atoms with van der Waals surface area (Å²) in [5, 5.41) is 0. The monoisotopic (exact) mass is 222 g/mol. The Kier molecular flexibility index (Phi) is 3.82. The molecule has 0 atom stereocenters. The fraction of sp³-hybridized carbons (Fsp3) is 0. The maximum Gasteiger partial charge on any atom is 0.199 e. The smallest absolute Gasteiger partial charge is 0.199 e. The lowest BCUT2D eigenvalue weighted by Crippen LogP contribution is -2.03. The molecule has 0 aliphatic heterocycles. The molecule has 0 amide bonds. The predicted molar refractivity (Wildman–Crippen MR) is 54.7 cm³/mol. The number of nitrogens with zero attached hydrogens (tertiary/aromatic N) is 4. The molecular weight excluding hydrogens is 216 g/mol. The average Bonchev–Trinajstić information content (AvgIpc) is 2.30. The first-order valence-electron chi connectivity index (χ1n) is 3.92. The molecule has 15 heavy (non-hydrogen) atoms. The highest BCUT2D eigenvalue weighted by atomic mass is 35.5. The Bertz CT molecular complexity index is 393.